The van der Waals surface area contributed by atoms with Crippen molar-refractivity contribution in [3.63, 3.8) is 0 Å². The van der Waals surface area contributed by atoms with Crippen LogP contribution < -0.4 is 16.0 Å². The molecule has 0 radical (unpaired) electrons. The van der Waals surface area contributed by atoms with E-state index in [0.717, 1.165) is 5.69 Å². The highest BCUT2D eigenvalue weighted by Crippen LogP contribution is 2.17. The van der Waals surface area contributed by atoms with Crippen LogP contribution in [-0.2, 0) is 0 Å². The molecule has 6 nitrogen and oxygen atoms in total. The van der Waals surface area contributed by atoms with Crippen LogP contribution in [0.1, 0.15) is 0 Å². The Morgan fingerprint density at radius 3 is 2.12 bits per heavy atom. The molecule has 16 heavy (non-hydrogen) atoms. The molecule has 3 N–H and O–H groups in total. The standard InChI is InChI=1S/C9H12N6S/c1-10-7-13-8(11-2)15-9(14-7)12-6-3-4-16-5-6/h3-5H,1-2H3,(H3,10,11,12,13,14,15). The highest BCUT2D eigenvalue weighted by Gasteiger charge is 2.04. The van der Waals surface area contributed by atoms with E-state index in [4.69, 9.17) is 0 Å². The predicted octanol–water partition coefficient (Wildman–Crippen LogP) is 1.76. The monoisotopic (exact) mass is 236 g/mol. The summed E-state index contributed by atoms with van der Waals surface area (Å²) in [4.78, 5) is 12.5. The highest BCUT2D eigenvalue weighted by molar-refractivity contribution is 7.08. The smallest absolute Gasteiger partial charge is 0.233 e. The Hall–Kier alpha value is -1.89. The lowest BCUT2D eigenvalue weighted by Gasteiger charge is -2.06. The van der Waals surface area contributed by atoms with Gasteiger partial charge in [0.25, 0.3) is 0 Å². The second-order valence-electron chi connectivity index (χ2n) is 2.94. The number of nitrogens with one attached hydrogen (secondary N) is 3. The van der Waals surface area contributed by atoms with E-state index in [1.54, 1.807) is 25.4 Å². The number of hydrogen-bond acceptors (Lipinski definition) is 7. The first-order valence-corrected chi connectivity index (χ1v) is 5.67. The molecule has 0 saturated carbocycles. The van der Waals surface area contributed by atoms with Gasteiger partial charge in [-0.05, 0) is 11.4 Å². The number of rotatable bonds is 4. The van der Waals surface area contributed by atoms with E-state index in [0.29, 0.717) is 17.8 Å². The molecular weight excluding hydrogens is 224 g/mol. The molecule has 0 aliphatic heterocycles. The Morgan fingerprint density at radius 2 is 1.62 bits per heavy atom. The van der Waals surface area contributed by atoms with E-state index >= 15 is 0 Å². The second kappa shape index (κ2) is 4.75. The first kappa shape index (κ1) is 10.6. The van der Waals surface area contributed by atoms with Crippen molar-refractivity contribution in [3.05, 3.63) is 16.8 Å². The van der Waals surface area contributed by atoms with Gasteiger partial charge in [-0.25, -0.2) is 0 Å². The Labute approximate surface area is 97.2 Å². The molecule has 84 valence electrons. The molecular formula is C9H12N6S. The topological polar surface area (TPSA) is 74.8 Å². The van der Waals surface area contributed by atoms with Gasteiger partial charge in [0.05, 0.1) is 5.69 Å². The summed E-state index contributed by atoms with van der Waals surface area (Å²) in [6.45, 7) is 0. The molecule has 0 unspecified atom stereocenters. The van der Waals surface area contributed by atoms with Crippen molar-refractivity contribution in [2.45, 2.75) is 0 Å². The maximum Gasteiger partial charge on any atom is 0.233 e. The molecule has 7 heteroatoms. The fourth-order valence-corrected chi connectivity index (χ4v) is 1.71. The van der Waals surface area contributed by atoms with Crippen LogP contribution in [0.3, 0.4) is 0 Å². The first-order valence-electron chi connectivity index (χ1n) is 4.72. The zero-order chi connectivity index (χ0) is 11.4. The molecule has 0 bridgehead atoms. The molecule has 2 heterocycles. The van der Waals surface area contributed by atoms with E-state index in [-0.39, 0.29) is 0 Å². The Balaban J connectivity index is 2.26. The van der Waals surface area contributed by atoms with Crippen molar-refractivity contribution in [1.29, 1.82) is 0 Å². The zero-order valence-electron chi connectivity index (χ0n) is 8.98. The van der Waals surface area contributed by atoms with Gasteiger partial charge < -0.3 is 16.0 Å². The van der Waals surface area contributed by atoms with Gasteiger partial charge in [-0.15, -0.1) is 0 Å². The summed E-state index contributed by atoms with van der Waals surface area (Å²) in [6.07, 6.45) is 0. The molecule has 0 aliphatic carbocycles. The van der Waals surface area contributed by atoms with E-state index in [1.807, 2.05) is 16.8 Å². The third-order valence-corrected chi connectivity index (χ3v) is 2.54. The summed E-state index contributed by atoms with van der Waals surface area (Å²) >= 11 is 1.61. The normalized spacial score (nSPS) is 9.88. The van der Waals surface area contributed by atoms with Crippen molar-refractivity contribution in [2.24, 2.45) is 0 Å². The van der Waals surface area contributed by atoms with Crippen molar-refractivity contribution < 1.29 is 0 Å². The average Bonchev–Trinajstić information content (AvgIpc) is 2.81. The summed E-state index contributed by atoms with van der Waals surface area (Å²) in [5, 5.41) is 12.8. The second-order valence-corrected chi connectivity index (χ2v) is 3.72. The summed E-state index contributed by atoms with van der Waals surface area (Å²) < 4.78 is 0. The van der Waals surface area contributed by atoms with Gasteiger partial charge in [-0.3, -0.25) is 0 Å². The van der Waals surface area contributed by atoms with Crippen molar-refractivity contribution in [3.8, 4) is 0 Å². The lowest BCUT2D eigenvalue weighted by molar-refractivity contribution is 1.05. The molecule has 2 aromatic rings. The maximum atomic E-state index is 4.19. The minimum absolute atomic E-state index is 0.516. The van der Waals surface area contributed by atoms with Gasteiger partial charge in [-0.2, -0.15) is 26.3 Å². The van der Waals surface area contributed by atoms with Crippen molar-refractivity contribution in [2.75, 3.05) is 30.0 Å². The fraction of sp³-hybridized carbons (Fsp3) is 0.222. The van der Waals surface area contributed by atoms with Crippen LogP contribution in [0.25, 0.3) is 0 Å². The number of thiophene rings is 1. The molecule has 0 fully saturated rings. The van der Waals surface area contributed by atoms with E-state index in [9.17, 15) is 0 Å². The van der Waals surface area contributed by atoms with Crippen molar-refractivity contribution >= 4 is 34.9 Å². The molecule has 2 aromatic heterocycles. The number of aromatic nitrogens is 3. The van der Waals surface area contributed by atoms with Gasteiger partial charge >= 0.3 is 0 Å². The SMILES string of the molecule is CNc1nc(NC)nc(Nc2ccsc2)n1. The van der Waals surface area contributed by atoms with Crippen LogP contribution in [0.5, 0.6) is 0 Å². The predicted molar refractivity (Wildman–Crippen MR) is 66.5 cm³/mol. The van der Waals surface area contributed by atoms with Crippen LogP contribution in [0.4, 0.5) is 23.5 Å². The lowest BCUT2D eigenvalue weighted by Crippen LogP contribution is -2.06. The zero-order valence-corrected chi connectivity index (χ0v) is 9.80. The van der Waals surface area contributed by atoms with Gasteiger partial charge in [0.15, 0.2) is 0 Å². The Kier molecular flexibility index (Phi) is 3.16. The number of nitrogens with zero attached hydrogens (tertiary/aromatic N) is 3. The third kappa shape index (κ3) is 2.37. The van der Waals surface area contributed by atoms with E-state index in [2.05, 4.69) is 30.9 Å². The van der Waals surface area contributed by atoms with Gasteiger partial charge in [0.2, 0.25) is 17.8 Å². The Morgan fingerprint density at radius 1 is 1.00 bits per heavy atom. The van der Waals surface area contributed by atoms with Crippen LogP contribution in [0, 0.1) is 0 Å². The quantitative estimate of drug-likeness (QED) is 0.751. The first-order chi connectivity index (χ1) is 7.81. The largest absolute Gasteiger partial charge is 0.357 e. The molecule has 0 saturated heterocycles. The van der Waals surface area contributed by atoms with Crippen LogP contribution >= 0.6 is 11.3 Å². The molecule has 0 aromatic carbocycles. The fourth-order valence-electron chi connectivity index (χ4n) is 1.12. The minimum atomic E-state index is 0.516. The van der Waals surface area contributed by atoms with E-state index < -0.39 is 0 Å². The number of hydrogen-bond donors (Lipinski definition) is 3. The molecule has 0 atom stereocenters. The lowest BCUT2D eigenvalue weighted by atomic mass is 10.5. The summed E-state index contributed by atoms with van der Waals surface area (Å²) in [6, 6.07) is 1.96. The minimum Gasteiger partial charge on any atom is -0.357 e. The summed E-state index contributed by atoms with van der Waals surface area (Å²) in [7, 11) is 3.53. The summed E-state index contributed by atoms with van der Waals surface area (Å²) in [5.41, 5.74) is 0.973. The highest BCUT2D eigenvalue weighted by atomic mass is 32.1. The maximum absolute atomic E-state index is 4.19. The number of anilines is 4. The van der Waals surface area contributed by atoms with E-state index in [1.165, 1.54) is 0 Å². The van der Waals surface area contributed by atoms with Crippen molar-refractivity contribution in [1.82, 2.24) is 15.0 Å². The third-order valence-electron chi connectivity index (χ3n) is 1.86. The van der Waals surface area contributed by atoms with Crippen LogP contribution in [0.15, 0.2) is 16.8 Å². The van der Waals surface area contributed by atoms with Crippen LogP contribution in [0.2, 0.25) is 0 Å². The van der Waals surface area contributed by atoms with Gasteiger partial charge in [0.1, 0.15) is 0 Å². The molecule has 0 spiro atoms. The summed E-state index contributed by atoms with van der Waals surface area (Å²) in [5.74, 6) is 1.57. The Bertz CT molecular complexity index is 433. The average molecular weight is 236 g/mol. The van der Waals surface area contributed by atoms with Gasteiger partial charge in [-0.1, -0.05) is 0 Å². The van der Waals surface area contributed by atoms with Gasteiger partial charge in [0, 0.05) is 19.5 Å². The molecule has 0 amide bonds. The van der Waals surface area contributed by atoms with Crippen LogP contribution in [-0.4, -0.2) is 29.0 Å². The molecule has 2 rings (SSSR count). The molecule has 0 aliphatic rings.